The summed E-state index contributed by atoms with van der Waals surface area (Å²) < 4.78 is 43.7. The van der Waals surface area contributed by atoms with Crippen molar-refractivity contribution >= 4 is 17.9 Å². The molecule has 1 saturated carbocycles. The molecule has 0 aromatic heterocycles. The van der Waals surface area contributed by atoms with Crippen LogP contribution in [0, 0.1) is 5.92 Å². The summed E-state index contributed by atoms with van der Waals surface area (Å²) in [5.41, 5.74) is -2.12. The highest BCUT2D eigenvalue weighted by Crippen LogP contribution is 2.37. The number of hydrogen-bond donors (Lipinski definition) is 1. The van der Waals surface area contributed by atoms with Gasteiger partial charge in [-0.2, -0.15) is 13.2 Å². The van der Waals surface area contributed by atoms with Crippen LogP contribution in [0.25, 0.3) is 0 Å². The maximum atomic E-state index is 13.0. The first-order valence-electron chi connectivity index (χ1n) is 8.63. The summed E-state index contributed by atoms with van der Waals surface area (Å²) in [4.78, 5) is 37.6. The van der Waals surface area contributed by atoms with Gasteiger partial charge in [0.1, 0.15) is 17.8 Å². The first kappa shape index (κ1) is 19.2. The molecule has 0 unspecified atom stereocenters. The minimum Gasteiger partial charge on any atom is -0.425 e. The van der Waals surface area contributed by atoms with E-state index >= 15 is 0 Å². The largest absolute Gasteiger partial charge is 0.425 e. The van der Waals surface area contributed by atoms with Gasteiger partial charge in [-0.25, -0.2) is 9.59 Å². The molecule has 1 aliphatic carbocycles. The number of carbonyl (C=O) groups excluding carboxylic acids is 3. The molecule has 1 spiro atoms. The van der Waals surface area contributed by atoms with Gasteiger partial charge in [-0.05, 0) is 43.7 Å². The lowest BCUT2D eigenvalue weighted by Crippen LogP contribution is -2.49. The van der Waals surface area contributed by atoms with Crippen LogP contribution in [-0.4, -0.2) is 34.9 Å². The summed E-state index contributed by atoms with van der Waals surface area (Å²) in [7, 11) is 0. The lowest BCUT2D eigenvalue weighted by molar-refractivity contribution is -0.145. The highest BCUT2D eigenvalue weighted by Gasteiger charge is 2.52. The monoisotopic (exact) mass is 384 g/mol. The van der Waals surface area contributed by atoms with Gasteiger partial charge in [0.15, 0.2) is 0 Å². The van der Waals surface area contributed by atoms with Gasteiger partial charge in [-0.3, -0.25) is 9.69 Å². The van der Waals surface area contributed by atoms with Crippen molar-refractivity contribution in [2.45, 2.75) is 44.3 Å². The quantitative estimate of drug-likeness (QED) is 0.494. The first-order chi connectivity index (χ1) is 12.6. The fraction of sp³-hybridized carbons (Fsp3) is 0.500. The van der Waals surface area contributed by atoms with Crippen molar-refractivity contribution in [1.29, 1.82) is 0 Å². The summed E-state index contributed by atoms with van der Waals surface area (Å²) in [6, 6.07) is 3.54. The molecule has 3 rings (SSSR count). The predicted molar refractivity (Wildman–Crippen MR) is 87.7 cm³/mol. The number of nitrogens with one attached hydrogen (secondary N) is 1. The molecule has 2 fully saturated rings. The molecule has 0 radical (unpaired) electrons. The minimum absolute atomic E-state index is 0.443. The summed E-state index contributed by atoms with van der Waals surface area (Å²) in [6.07, 6.45) is -2.21. The van der Waals surface area contributed by atoms with Gasteiger partial charge >= 0.3 is 18.2 Å². The zero-order chi connectivity index (χ0) is 19.8. The molecular formula is C18H19F3N2O4. The number of hydrogen-bond acceptors (Lipinski definition) is 4. The van der Waals surface area contributed by atoms with Gasteiger partial charge in [0, 0.05) is 0 Å². The number of halogens is 3. The van der Waals surface area contributed by atoms with Crippen LogP contribution in [0.3, 0.4) is 0 Å². The van der Waals surface area contributed by atoms with Crippen molar-refractivity contribution in [3.63, 3.8) is 0 Å². The summed E-state index contributed by atoms with van der Waals surface area (Å²) >= 11 is 0. The summed E-state index contributed by atoms with van der Waals surface area (Å²) in [5.74, 6) is -1.86. The van der Waals surface area contributed by atoms with E-state index < -0.39 is 47.5 Å². The molecule has 1 saturated heterocycles. The third kappa shape index (κ3) is 3.77. The smallest absolute Gasteiger partial charge is 0.419 e. The number of nitrogens with zero attached hydrogens (tertiary/aromatic N) is 1. The van der Waals surface area contributed by atoms with Gasteiger partial charge in [0.05, 0.1) is 5.56 Å². The molecule has 1 heterocycles. The SMILES string of the molecule is CC1CCC2(CC1)NC(=O)N(CC(=O)Oc1ccccc1C(F)(F)F)C2=O. The van der Waals surface area contributed by atoms with Gasteiger partial charge in [-0.15, -0.1) is 0 Å². The van der Waals surface area contributed by atoms with Crippen LogP contribution in [0.4, 0.5) is 18.0 Å². The number of esters is 1. The van der Waals surface area contributed by atoms with E-state index in [0.29, 0.717) is 23.7 Å². The van der Waals surface area contributed by atoms with Crippen molar-refractivity contribution in [3.05, 3.63) is 29.8 Å². The van der Waals surface area contributed by atoms with Crippen LogP contribution in [0.5, 0.6) is 5.75 Å². The highest BCUT2D eigenvalue weighted by atomic mass is 19.4. The standard InChI is InChI=1S/C18H19F3N2O4/c1-11-6-8-17(9-7-11)15(25)23(16(26)22-17)10-14(24)27-13-5-3-2-4-12(13)18(19,20)21/h2-5,11H,6-10H2,1H3,(H,22,26). The van der Waals surface area contributed by atoms with E-state index in [1.54, 1.807) is 0 Å². The normalized spacial score (nSPS) is 25.6. The zero-order valence-corrected chi connectivity index (χ0v) is 14.6. The molecule has 27 heavy (non-hydrogen) atoms. The third-order valence-corrected chi connectivity index (χ3v) is 5.08. The molecule has 9 heteroatoms. The molecular weight excluding hydrogens is 365 g/mol. The van der Waals surface area contributed by atoms with Crippen molar-refractivity contribution in [3.8, 4) is 5.75 Å². The number of benzene rings is 1. The number of ether oxygens (including phenoxy) is 1. The molecule has 6 nitrogen and oxygen atoms in total. The number of rotatable bonds is 3. The van der Waals surface area contributed by atoms with Gasteiger partial charge in [0.25, 0.3) is 5.91 Å². The Morgan fingerprint density at radius 3 is 2.52 bits per heavy atom. The molecule has 1 aromatic carbocycles. The molecule has 0 atom stereocenters. The van der Waals surface area contributed by atoms with Crippen molar-refractivity contribution < 1.29 is 32.3 Å². The number of carbonyl (C=O) groups is 3. The van der Waals surface area contributed by atoms with Crippen LogP contribution < -0.4 is 10.1 Å². The Hall–Kier alpha value is -2.58. The minimum atomic E-state index is -4.69. The fourth-order valence-electron chi connectivity index (χ4n) is 3.49. The van der Waals surface area contributed by atoms with E-state index in [0.717, 1.165) is 25.0 Å². The second-order valence-electron chi connectivity index (χ2n) is 7.05. The molecule has 146 valence electrons. The van der Waals surface area contributed by atoms with Gasteiger partial charge in [-0.1, -0.05) is 19.1 Å². The summed E-state index contributed by atoms with van der Waals surface area (Å²) in [5, 5.41) is 2.64. The van der Waals surface area contributed by atoms with Crippen LogP contribution in [0.1, 0.15) is 38.2 Å². The molecule has 1 aromatic rings. The Labute approximate surface area is 153 Å². The Morgan fingerprint density at radius 1 is 1.26 bits per heavy atom. The van der Waals surface area contributed by atoms with Gasteiger partial charge < -0.3 is 10.1 Å². The predicted octanol–water partition coefficient (Wildman–Crippen LogP) is 3.11. The van der Waals surface area contributed by atoms with E-state index in [4.69, 9.17) is 4.74 Å². The lowest BCUT2D eigenvalue weighted by atomic mass is 9.77. The number of urea groups is 1. The second-order valence-corrected chi connectivity index (χ2v) is 7.05. The molecule has 3 amide bonds. The van der Waals surface area contributed by atoms with E-state index in [1.807, 2.05) is 0 Å². The average Bonchev–Trinajstić information content (AvgIpc) is 2.81. The number of alkyl halides is 3. The van der Waals surface area contributed by atoms with Crippen molar-refractivity contribution in [2.24, 2.45) is 5.92 Å². The van der Waals surface area contributed by atoms with Crippen LogP contribution >= 0.6 is 0 Å². The van der Waals surface area contributed by atoms with Crippen LogP contribution in [-0.2, 0) is 15.8 Å². The Balaban J connectivity index is 1.70. The van der Waals surface area contributed by atoms with E-state index in [-0.39, 0.29) is 0 Å². The Morgan fingerprint density at radius 2 is 1.89 bits per heavy atom. The van der Waals surface area contributed by atoms with Crippen molar-refractivity contribution in [1.82, 2.24) is 10.2 Å². The lowest BCUT2D eigenvalue weighted by Gasteiger charge is -2.33. The van der Waals surface area contributed by atoms with Crippen LogP contribution in [0.2, 0.25) is 0 Å². The van der Waals surface area contributed by atoms with E-state index in [2.05, 4.69) is 12.2 Å². The Bertz CT molecular complexity index is 770. The number of imide groups is 1. The van der Waals surface area contributed by atoms with Crippen LogP contribution in [0.15, 0.2) is 24.3 Å². The molecule has 1 aliphatic heterocycles. The summed E-state index contributed by atoms with van der Waals surface area (Å²) in [6.45, 7) is 1.31. The zero-order valence-electron chi connectivity index (χ0n) is 14.6. The highest BCUT2D eigenvalue weighted by molar-refractivity contribution is 6.08. The van der Waals surface area contributed by atoms with Gasteiger partial charge in [0.2, 0.25) is 0 Å². The maximum Gasteiger partial charge on any atom is 0.419 e. The van der Waals surface area contributed by atoms with Crippen molar-refractivity contribution in [2.75, 3.05) is 6.54 Å². The average molecular weight is 384 g/mol. The molecule has 1 N–H and O–H groups in total. The number of para-hydroxylation sites is 1. The first-order valence-corrected chi connectivity index (χ1v) is 8.63. The Kier molecular flexibility index (Phi) is 4.88. The fourth-order valence-corrected chi connectivity index (χ4v) is 3.49. The van der Waals surface area contributed by atoms with E-state index in [1.165, 1.54) is 12.1 Å². The second kappa shape index (κ2) is 6.86. The molecule has 2 aliphatic rings. The number of amides is 3. The molecule has 0 bridgehead atoms. The maximum absolute atomic E-state index is 13.0. The third-order valence-electron chi connectivity index (χ3n) is 5.08. The topological polar surface area (TPSA) is 75.7 Å². The van der Waals surface area contributed by atoms with E-state index in [9.17, 15) is 27.6 Å².